The highest BCUT2D eigenvalue weighted by atomic mass is 35.5. The molecule has 0 saturated heterocycles. The Balaban J connectivity index is -0.000000550. The van der Waals surface area contributed by atoms with Gasteiger partial charge in [0.2, 0.25) is 17.7 Å². The highest BCUT2D eigenvalue weighted by Gasteiger charge is 2.49. The molecule has 2 N–H and O–H groups in total. The van der Waals surface area contributed by atoms with Crippen molar-refractivity contribution in [2.45, 2.75) is 391 Å². The first-order valence-electron chi connectivity index (χ1n) is 47.2. The van der Waals surface area contributed by atoms with Gasteiger partial charge in [0, 0.05) is 60.3 Å². The highest BCUT2D eigenvalue weighted by Crippen LogP contribution is 2.62. The molecule has 0 aliphatic carbocycles. The first kappa shape index (κ1) is 132. The molecule has 3 amide bonds. The number of amides is 3. The van der Waals surface area contributed by atoms with Crippen LogP contribution in [0.1, 0.15) is 369 Å². The third-order valence-electron chi connectivity index (χ3n) is 20.8. The summed E-state index contributed by atoms with van der Waals surface area (Å²) in [5.41, 5.74) is -18.8. The molecule has 0 fully saturated rings. The van der Waals surface area contributed by atoms with E-state index in [1.807, 2.05) is 4.90 Å². The molecule has 0 heterocycles. The number of hydrogen-bond donors (Lipinski definition) is 1. The maximum atomic E-state index is 14.0. The van der Waals surface area contributed by atoms with Crippen LogP contribution >= 0.6 is 26.1 Å². The van der Waals surface area contributed by atoms with Crippen LogP contribution in [0, 0.1) is 35.5 Å². The van der Waals surface area contributed by atoms with Gasteiger partial charge in [-0.25, -0.2) is 33.7 Å². The molecule has 0 aromatic rings. The van der Waals surface area contributed by atoms with Crippen LogP contribution in [0.2, 0.25) is 0 Å². The molecule has 37 heteroatoms. The molecule has 0 saturated carbocycles. The topological polar surface area (TPSA) is 255 Å². The van der Waals surface area contributed by atoms with Crippen LogP contribution in [0.15, 0.2) is 0 Å². The predicted molar refractivity (Wildman–Crippen MR) is 504 cm³/mol. The predicted octanol–water partition coefficient (Wildman–Crippen LogP) is 27.0. The molecule has 0 radical (unpaired) electrons. The average molecular weight is 1960 g/mol. The zero-order chi connectivity index (χ0) is 97.2. The number of sulfonamides is 4. The summed E-state index contributed by atoms with van der Waals surface area (Å²) in [4.78, 5) is 47.7. The fraction of sp³-hybridized carbons (Fsp3) is 0.966. The molecule has 0 aliphatic rings. The molecule has 125 heavy (non-hydrogen) atoms. The Morgan fingerprint density at radius 1 is 0.288 bits per heavy atom. The first-order valence-corrected chi connectivity index (χ1v) is 58.5. The fourth-order valence-electron chi connectivity index (χ4n) is 14.6. The Hall–Kier alpha value is -1.64. The SMILES string of the molecule is CC(C)CN(CC(C)C)C(=O)CCl.CCCCCCCC[P+](CCCCCCCC)(CCCCCCCC)CCCN(CC(=O)N(CC(C)C)CC(C)C)CC(=O)N(CC(C)C)CC(C)C.CCCCCCCC[P+](CCCN)(CCCCCCCC)CCCCCCCC.O=S(=O)([N-]S(=O)(=O)C(F)(F)F)C(F)(F)F.O=S(=O)([N-]S(=O)(=O)C(F)(F)F)C(F)(F)F. The highest BCUT2D eigenvalue weighted by molar-refractivity contribution is 8.13. The molecule has 0 atom stereocenters. The Kier molecular flexibility index (Phi) is 77.7. The molecule has 0 aliphatic heterocycles. The molecular formula is C88H176ClF12N7O11P2S4. The first-order chi connectivity index (χ1) is 57.9. The van der Waals surface area contributed by atoms with Crippen molar-refractivity contribution < 1.29 is 101 Å². The van der Waals surface area contributed by atoms with Crippen molar-refractivity contribution in [2.24, 2.45) is 41.2 Å². The summed E-state index contributed by atoms with van der Waals surface area (Å²) in [7, 11) is -28.8. The maximum absolute atomic E-state index is 14.0. The lowest BCUT2D eigenvalue weighted by Gasteiger charge is -2.33. The monoisotopic (exact) mass is 1960 g/mol. The van der Waals surface area contributed by atoms with E-state index in [4.69, 9.17) is 17.3 Å². The average Bonchev–Trinajstić information content (AvgIpc) is 0.794. The molecule has 0 unspecified atom stereocenters. The van der Waals surface area contributed by atoms with Crippen LogP contribution in [-0.2, 0) is 54.5 Å². The summed E-state index contributed by atoms with van der Waals surface area (Å²) in [5.74, 6) is 3.26. The van der Waals surface area contributed by atoms with Gasteiger partial charge in [0.1, 0.15) is 5.88 Å². The number of carbonyl (C=O) groups is 3. The van der Waals surface area contributed by atoms with Crippen LogP contribution < -0.4 is 5.73 Å². The number of unbranched alkanes of at least 4 members (excludes halogenated alkanes) is 30. The Morgan fingerprint density at radius 2 is 0.456 bits per heavy atom. The molecule has 0 aromatic carbocycles. The summed E-state index contributed by atoms with van der Waals surface area (Å²) >= 11 is 5.52. The minimum absolute atomic E-state index is 0.0454. The molecule has 18 nitrogen and oxygen atoms in total. The van der Waals surface area contributed by atoms with Crippen LogP contribution in [0.4, 0.5) is 52.7 Å². The van der Waals surface area contributed by atoms with Gasteiger partial charge in [-0.2, -0.15) is 52.7 Å². The Morgan fingerprint density at radius 3 is 0.624 bits per heavy atom. The standard InChI is InChI=1S/C47H97N3O2P.C27H59NP.C10H20ClNO.2C2F6NO4S2/c1-12-15-18-21-24-27-32-53(33-28-25-22-19-16-13-2,34-29-26-23-20-17-14-3)35-30-31-48(40-46(51)49(36-42(4)5)37-43(6)7)41-47(52)50(38-44(8)9)39-45(10)11;1-4-7-10-13-16-19-24-29(27-22-23-28,25-20-17-14-11-8-5-2)26-21-18-15-12-9-6-3;1-8(2)6-12(7-9(3)4)10(13)5-11;2*3-1(4,5)14(10,11)9-15(12,13)2(6,7)8/h42-45H,12-41H2,1-11H3;4-28H2,1-3H3;8-9H,5-7H2,1-4H3;;/q2*+1;;2*-1. The number of alkyl halides is 13. The van der Waals surface area contributed by atoms with Crippen molar-refractivity contribution in [2.75, 3.05) is 121 Å². The normalized spacial score (nSPS) is 12.8. The van der Waals surface area contributed by atoms with Gasteiger partial charge < -0.3 is 28.7 Å². The van der Waals surface area contributed by atoms with E-state index in [-0.39, 0.29) is 23.6 Å². The Labute approximate surface area is 760 Å². The Bertz CT molecular complexity index is 2810. The fourth-order valence-corrected chi connectivity index (χ4v) is 27.9. The van der Waals surface area contributed by atoms with Gasteiger partial charge in [-0.05, 0) is 132 Å². The summed E-state index contributed by atoms with van der Waals surface area (Å²) in [6, 6.07) is 0. The molecule has 0 spiro atoms. The van der Waals surface area contributed by atoms with Gasteiger partial charge in [0.25, 0.3) is 0 Å². The van der Waals surface area contributed by atoms with Crippen LogP contribution in [0.25, 0.3) is 8.25 Å². The molecular weight excluding hydrogens is 1780 g/mol. The van der Waals surface area contributed by atoms with Gasteiger partial charge in [-0.1, -0.05) is 279 Å². The van der Waals surface area contributed by atoms with Gasteiger partial charge in [0.15, 0.2) is 40.1 Å². The lowest BCUT2D eigenvalue weighted by Crippen LogP contribution is -2.48. The molecule has 0 rings (SSSR count). The van der Waals surface area contributed by atoms with Gasteiger partial charge in [-0.3, -0.25) is 19.3 Å². The van der Waals surface area contributed by atoms with E-state index in [0.29, 0.717) is 48.6 Å². The van der Waals surface area contributed by atoms with Crippen LogP contribution in [-0.4, -0.2) is 214 Å². The minimum Gasteiger partial charge on any atom is -0.421 e. The summed E-state index contributed by atoms with van der Waals surface area (Å²) in [6.45, 7) is 47.3. The largest absolute Gasteiger partial charge is 0.480 e. The second-order valence-corrected chi connectivity index (χ2v) is 52.6. The van der Waals surface area contributed by atoms with E-state index >= 15 is 0 Å². The quantitative estimate of drug-likeness (QED) is 0.0258. The van der Waals surface area contributed by atoms with Crippen molar-refractivity contribution in [1.29, 1.82) is 0 Å². The number of halogens is 13. The third kappa shape index (κ3) is 70.7. The second kappa shape index (κ2) is 73.7. The minimum atomic E-state index is -6.72. The van der Waals surface area contributed by atoms with E-state index in [1.54, 1.807) is 18.5 Å². The summed E-state index contributed by atoms with van der Waals surface area (Å²) < 4.78 is 218. The zero-order valence-corrected chi connectivity index (χ0v) is 86.3. The number of nitrogens with zero attached hydrogens (tertiary/aromatic N) is 6. The van der Waals surface area contributed by atoms with Crippen LogP contribution in [0.5, 0.6) is 0 Å². The van der Waals surface area contributed by atoms with Gasteiger partial charge >= 0.3 is 22.0 Å². The van der Waals surface area contributed by atoms with E-state index in [9.17, 15) is 101 Å². The van der Waals surface area contributed by atoms with E-state index < -0.39 is 76.7 Å². The lowest BCUT2D eigenvalue weighted by molar-refractivity contribution is -0.137. The summed E-state index contributed by atoms with van der Waals surface area (Å²) in [6.07, 6.45) is 65.4. The van der Waals surface area contributed by atoms with E-state index in [2.05, 4.69) is 139 Å². The smallest absolute Gasteiger partial charge is 0.421 e. The third-order valence-corrected chi connectivity index (χ3v) is 36.7. The maximum Gasteiger partial charge on any atom is 0.480 e. The van der Waals surface area contributed by atoms with Gasteiger partial charge in [0.05, 0.1) is 62.4 Å². The number of nitrogens with two attached hydrogens (primary N) is 1. The van der Waals surface area contributed by atoms with Crippen molar-refractivity contribution in [1.82, 2.24) is 19.6 Å². The molecule has 0 bridgehead atoms. The lowest BCUT2D eigenvalue weighted by atomic mass is 10.1. The molecule has 754 valence electrons. The molecule has 0 aromatic heterocycles. The van der Waals surface area contributed by atoms with Crippen molar-refractivity contribution in [3.05, 3.63) is 8.25 Å². The summed E-state index contributed by atoms with van der Waals surface area (Å²) in [5, 5.41) is 0. The number of carbonyl (C=O) groups excluding carboxylic acids is 3. The zero-order valence-electron chi connectivity index (χ0n) is 80.5. The van der Waals surface area contributed by atoms with E-state index in [1.165, 1.54) is 268 Å². The van der Waals surface area contributed by atoms with Crippen molar-refractivity contribution >= 4 is 83.9 Å². The second-order valence-electron chi connectivity index (χ2n) is 36.5. The van der Waals surface area contributed by atoms with Crippen molar-refractivity contribution in [3.8, 4) is 0 Å². The number of rotatable bonds is 70. The number of hydrogen-bond acceptors (Lipinski definition) is 13. The van der Waals surface area contributed by atoms with Crippen LogP contribution in [0.3, 0.4) is 0 Å². The van der Waals surface area contributed by atoms with Gasteiger partial charge in [-0.15, -0.1) is 11.6 Å². The van der Waals surface area contributed by atoms with E-state index in [0.717, 1.165) is 67.0 Å². The van der Waals surface area contributed by atoms with Crippen molar-refractivity contribution in [3.63, 3.8) is 0 Å².